The Bertz CT molecular complexity index is 619. The number of carbonyl (C=O) groups is 1. The lowest BCUT2D eigenvalue weighted by Crippen LogP contribution is -2.13. The second-order valence-electron chi connectivity index (χ2n) is 4.17. The van der Waals surface area contributed by atoms with Crippen molar-refractivity contribution in [2.75, 3.05) is 25.6 Å². The summed E-state index contributed by atoms with van der Waals surface area (Å²) in [7, 11) is 1.61. The maximum Gasteiger partial charge on any atom is 0.274 e. The number of amides is 1. The molecule has 2 aromatic rings. The summed E-state index contributed by atoms with van der Waals surface area (Å²) >= 11 is 5.77. The molecule has 5 nitrogen and oxygen atoms in total. The molecule has 0 aliphatic rings. The third kappa shape index (κ3) is 4.73. The van der Waals surface area contributed by atoms with Crippen LogP contribution < -0.4 is 10.1 Å². The van der Waals surface area contributed by atoms with Gasteiger partial charge in [0.2, 0.25) is 0 Å². The van der Waals surface area contributed by atoms with E-state index in [4.69, 9.17) is 21.1 Å². The molecule has 0 saturated heterocycles. The number of ether oxygens (including phenoxy) is 2. The number of halogens is 1. The average Bonchev–Trinajstić information content (AvgIpc) is 2.48. The van der Waals surface area contributed by atoms with E-state index < -0.39 is 0 Å². The fourth-order valence-electron chi connectivity index (χ4n) is 1.64. The van der Waals surface area contributed by atoms with Gasteiger partial charge in [-0.25, -0.2) is 4.98 Å². The van der Waals surface area contributed by atoms with Gasteiger partial charge in [-0.2, -0.15) is 0 Å². The van der Waals surface area contributed by atoms with Crippen molar-refractivity contribution in [3.05, 3.63) is 53.3 Å². The molecule has 2 rings (SSSR count). The van der Waals surface area contributed by atoms with Crippen molar-refractivity contribution in [2.45, 2.75) is 0 Å². The highest BCUT2D eigenvalue weighted by molar-refractivity contribution is 6.29. The Morgan fingerprint density at radius 2 is 2.05 bits per heavy atom. The Hall–Kier alpha value is -2.11. The lowest BCUT2D eigenvalue weighted by Gasteiger charge is -2.08. The van der Waals surface area contributed by atoms with Crippen LogP contribution in [-0.4, -0.2) is 31.2 Å². The van der Waals surface area contributed by atoms with Crippen molar-refractivity contribution in [3.8, 4) is 5.75 Å². The molecule has 6 heteroatoms. The zero-order valence-corrected chi connectivity index (χ0v) is 12.3. The van der Waals surface area contributed by atoms with E-state index in [1.807, 2.05) is 6.07 Å². The number of nitrogens with zero attached hydrogens (tertiary/aromatic N) is 1. The van der Waals surface area contributed by atoms with Gasteiger partial charge in [-0.05, 0) is 24.3 Å². The predicted molar refractivity (Wildman–Crippen MR) is 81.0 cm³/mol. The molecule has 1 amide bonds. The minimum absolute atomic E-state index is 0.258. The predicted octanol–water partition coefficient (Wildman–Crippen LogP) is 3.01. The summed E-state index contributed by atoms with van der Waals surface area (Å²) in [6, 6.07) is 12.0. The lowest BCUT2D eigenvalue weighted by atomic mass is 10.2. The van der Waals surface area contributed by atoms with E-state index in [0.717, 1.165) is 0 Å². The van der Waals surface area contributed by atoms with Crippen molar-refractivity contribution in [2.24, 2.45) is 0 Å². The number of hydrogen-bond donors (Lipinski definition) is 1. The summed E-state index contributed by atoms with van der Waals surface area (Å²) in [4.78, 5) is 16.0. The van der Waals surface area contributed by atoms with Gasteiger partial charge in [-0.1, -0.05) is 23.7 Å². The van der Waals surface area contributed by atoms with Crippen LogP contribution in [0.1, 0.15) is 10.5 Å². The summed E-state index contributed by atoms with van der Waals surface area (Å²) in [5.74, 6) is 0.329. The van der Waals surface area contributed by atoms with E-state index in [-0.39, 0.29) is 16.8 Å². The highest BCUT2D eigenvalue weighted by atomic mass is 35.5. The molecular formula is C15H15ClN2O3. The number of anilines is 1. The molecule has 0 atom stereocenters. The van der Waals surface area contributed by atoms with Gasteiger partial charge in [0.25, 0.3) is 5.91 Å². The van der Waals surface area contributed by atoms with Crippen LogP contribution in [0.3, 0.4) is 0 Å². The van der Waals surface area contributed by atoms with Crippen molar-refractivity contribution < 1.29 is 14.3 Å². The Morgan fingerprint density at radius 1 is 1.24 bits per heavy atom. The van der Waals surface area contributed by atoms with E-state index >= 15 is 0 Å². The van der Waals surface area contributed by atoms with Crippen molar-refractivity contribution in [1.29, 1.82) is 0 Å². The topological polar surface area (TPSA) is 60.5 Å². The standard InChI is InChI=1S/C15H15ClN2O3/c1-20-8-9-21-12-5-2-4-11(10-12)17-15(19)13-6-3-7-14(16)18-13/h2-7,10H,8-9H2,1H3,(H,17,19). The van der Waals surface area contributed by atoms with Gasteiger partial charge in [0.15, 0.2) is 0 Å². The minimum atomic E-state index is -0.327. The van der Waals surface area contributed by atoms with Crippen LogP contribution in [0.2, 0.25) is 5.15 Å². The van der Waals surface area contributed by atoms with Crippen LogP contribution >= 0.6 is 11.6 Å². The maximum atomic E-state index is 12.0. The molecule has 0 unspecified atom stereocenters. The third-order valence-corrected chi connectivity index (χ3v) is 2.81. The number of nitrogens with one attached hydrogen (secondary N) is 1. The molecule has 0 fully saturated rings. The smallest absolute Gasteiger partial charge is 0.274 e. The largest absolute Gasteiger partial charge is 0.491 e. The summed E-state index contributed by atoms with van der Waals surface area (Å²) < 4.78 is 10.4. The van der Waals surface area contributed by atoms with Gasteiger partial charge in [0.1, 0.15) is 23.2 Å². The van der Waals surface area contributed by atoms with Gasteiger partial charge < -0.3 is 14.8 Å². The van der Waals surface area contributed by atoms with Gasteiger partial charge in [0.05, 0.1) is 6.61 Å². The molecule has 0 saturated carbocycles. The molecule has 0 bridgehead atoms. The van der Waals surface area contributed by atoms with Gasteiger partial charge in [0, 0.05) is 18.9 Å². The lowest BCUT2D eigenvalue weighted by molar-refractivity contribution is 0.102. The molecule has 0 spiro atoms. The maximum absolute atomic E-state index is 12.0. The van der Waals surface area contributed by atoms with Crippen LogP contribution in [0.5, 0.6) is 5.75 Å². The first kappa shape index (κ1) is 15.3. The quantitative estimate of drug-likeness (QED) is 0.658. The van der Waals surface area contributed by atoms with Crippen LogP contribution in [-0.2, 0) is 4.74 Å². The number of hydrogen-bond acceptors (Lipinski definition) is 4. The average molecular weight is 307 g/mol. The number of methoxy groups -OCH3 is 1. The molecule has 0 aliphatic carbocycles. The van der Waals surface area contributed by atoms with Gasteiger partial charge in [-0.3, -0.25) is 4.79 Å². The molecule has 1 heterocycles. The molecule has 0 radical (unpaired) electrons. The highest BCUT2D eigenvalue weighted by Gasteiger charge is 2.08. The van der Waals surface area contributed by atoms with E-state index in [1.165, 1.54) is 0 Å². The summed E-state index contributed by atoms with van der Waals surface area (Å²) in [6.45, 7) is 0.951. The SMILES string of the molecule is COCCOc1cccc(NC(=O)c2cccc(Cl)n2)c1. The molecule has 1 aromatic heterocycles. The number of carbonyl (C=O) groups excluding carboxylic acids is 1. The first-order valence-corrected chi connectivity index (χ1v) is 6.72. The molecule has 1 aromatic carbocycles. The number of pyridine rings is 1. The number of benzene rings is 1. The van der Waals surface area contributed by atoms with Crippen LogP contribution in [0.25, 0.3) is 0 Å². The second kappa shape index (κ2) is 7.61. The molecule has 110 valence electrons. The summed E-state index contributed by atoms with van der Waals surface area (Å²) in [6.07, 6.45) is 0. The monoisotopic (exact) mass is 306 g/mol. The fourth-order valence-corrected chi connectivity index (χ4v) is 1.80. The fraction of sp³-hybridized carbons (Fsp3) is 0.200. The number of aromatic nitrogens is 1. The zero-order chi connectivity index (χ0) is 15.1. The third-order valence-electron chi connectivity index (χ3n) is 2.60. The van der Waals surface area contributed by atoms with Crippen LogP contribution in [0.15, 0.2) is 42.5 Å². The summed E-state index contributed by atoms with van der Waals surface area (Å²) in [5, 5.41) is 3.02. The first-order chi connectivity index (χ1) is 10.2. The Morgan fingerprint density at radius 3 is 2.81 bits per heavy atom. The Kier molecular flexibility index (Phi) is 5.54. The summed E-state index contributed by atoms with van der Waals surface area (Å²) in [5.41, 5.74) is 0.880. The molecular weight excluding hydrogens is 292 g/mol. The second-order valence-corrected chi connectivity index (χ2v) is 4.56. The highest BCUT2D eigenvalue weighted by Crippen LogP contribution is 2.18. The van der Waals surface area contributed by atoms with E-state index in [9.17, 15) is 4.79 Å². The zero-order valence-electron chi connectivity index (χ0n) is 11.5. The van der Waals surface area contributed by atoms with E-state index in [0.29, 0.717) is 24.7 Å². The van der Waals surface area contributed by atoms with Crippen LogP contribution in [0.4, 0.5) is 5.69 Å². The normalized spacial score (nSPS) is 10.2. The van der Waals surface area contributed by atoms with Gasteiger partial charge in [-0.15, -0.1) is 0 Å². The Balaban J connectivity index is 2.02. The first-order valence-electron chi connectivity index (χ1n) is 6.35. The van der Waals surface area contributed by atoms with Crippen molar-refractivity contribution in [3.63, 3.8) is 0 Å². The van der Waals surface area contributed by atoms with Gasteiger partial charge >= 0.3 is 0 Å². The molecule has 21 heavy (non-hydrogen) atoms. The van der Waals surface area contributed by atoms with E-state index in [2.05, 4.69) is 10.3 Å². The number of rotatable bonds is 6. The molecule has 0 aliphatic heterocycles. The van der Waals surface area contributed by atoms with Crippen LogP contribution in [0, 0.1) is 0 Å². The molecule has 1 N–H and O–H groups in total. The van der Waals surface area contributed by atoms with Crippen molar-refractivity contribution in [1.82, 2.24) is 4.98 Å². The van der Waals surface area contributed by atoms with E-state index in [1.54, 1.807) is 43.5 Å². The minimum Gasteiger partial charge on any atom is -0.491 e. The Labute approximate surface area is 127 Å². The van der Waals surface area contributed by atoms with Crippen molar-refractivity contribution >= 4 is 23.2 Å².